The van der Waals surface area contributed by atoms with Gasteiger partial charge >= 0.3 is 0 Å². The van der Waals surface area contributed by atoms with Crippen molar-refractivity contribution in [3.05, 3.63) is 0 Å². The lowest BCUT2D eigenvalue weighted by Gasteiger charge is -2.24. The fraction of sp³-hybridized carbons (Fsp3) is 0.917. The Morgan fingerprint density at radius 3 is 2.27 bits per heavy atom. The summed E-state index contributed by atoms with van der Waals surface area (Å²) >= 11 is 0. The summed E-state index contributed by atoms with van der Waals surface area (Å²) in [6.07, 6.45) is 2.20. The molecule has 3 nitrogen and oxygen atoms in total. The summed E-state index contributed by atoms with van der Waals surface area (Å²) in [5.41, 5.74) is -0.278. The number of carbonyl (C=O) groups excluding carboxylic acids is 1. The highest BCUT2D eigenvalue weighted by molar-refractivity contribution is 5.85. The summed E-state index contributed by atoms with van der Waals surface area (Å²) in [5.74, 6) is 0.243. The summed E-state index contributed by atoms with van der Waals surface area (Å²) in [6, 6.07) is 0. The maximum Gasteiger partial charge on any atom is 0.152 e. The third-order valence-electron chi connectivity index (χ3n) is 2.45. The molecule has 0 heterocycles. The summed E-state index contributed by atoms with van der Waals surface area (Å²) in [7, 11) is 0. The molecule has 0 aromatic carbocycles. The van der Waals surface area contributed by atoms with E-state index in [0.29, 0.717) is 13.1 Å². The molecule has 0 aliphatic carbocycles. The predicted molar refractivity (Wildman–Crippen MR) is 62.9 cm³/mol. The average molecular weight is 215 g/mol. The van der Waals surface area contributed by atoms with E-state index >= 15 is 0 Å². The predicted octanol–water partition coefficient (Wildman–Crippen LogP) is 1.70. The Hall–Kier alpha value is -0.410. The van der Waals surface area contributed by atoms with Crippen LogP contribution in [0, 0.1) is 5.41 Å². The maximum atomic E-state index is 11.8. The molecule has 0 aromatic heterocycles. The van der Waals surface area contributed by atoms with Gasteiger partial charge in [-0.05, 0) is 13.0 Å². The van der Waals surface area contributed by atoms with Gasteiger partial charge in [0.15, 0.2) is 5.78 Å². The highest BCUT2D eigenvalue weighted by Crippen LogP contribution is 2.15. The molecule has 0 radical (unpaired) electrons. The van der Waals surface area contributed by atoms with Gasteiger partial charge in [0, 0.05) is 12.0 Å². The molecule has 0 fully saturated rings. The van der Waals surface area contributed by atoms with E-state index in [9.17, 15) is 4.79 Å². The van der Waals surface area contributed by atoms with Crippen molar-refractivity contribution in [3.63, 3.8) is 0 Å². The minimum absolute atomic E-state index is 0.126. The summed E-state index contributed by atoms with van der Waals surface area (Å²) in [6.45, 7) is 10.0. The first-order valence-corrected chi connectivity index (χ1v) is 5.78. The third kappa shape index (κ3) is 6.63. The van der Waals surface area contributed by atoms with Crippen molar-refractivity contribution >= 4 is 5.78 Å². The van der Waals surface area contributed by atoms with E-state index in [1.807, 2.05) is 25.7 Å². The number of hydrogen-bond acceptors (Lipinski definition) is 3. The standard InChI is InChI=1S/C12H25NO2/c1-5-6-7-13(8-9-14)10-11(15)12(2,3)4/h14H,5-10H2,1-4H3. The molecule has 0 unspecified atom stereocenters. The first-order valence-electron chi connectivity index (χ1n) is 5.78. The molecule has 0 spiro atoms. The number of aliphatic hydroxyl groups excluding tert-OH is 1. The fourth-order valence-electron chi connectivity index (χ4n) is 1.23. The SMILES string of the molecule is CCCCN(CCO)CC(=O)C(C)(C)C. The Morgan fingerprint density at radius 1 is 1.27 bits per heavy atom. The molecule has 0 saturated carbocycles. The first-order chi connectivity index (χ1) is 6.91. The number of nitrogens with zero attached hydrogens (tertiary/aromatic N) is 1. The number of Topliss-reactive ketones (excluding diaryl/α,β-unsaturated/α-hetero) is 1. The van der Waals surface area contributed by atoms with Gasteiger partial charge in [0.05, 0.1) is 13.2 Å². The molecular weight excluding hydrogens is 190 g/mol. The fourth-order valence-corrected chi connectivity index (χ4v) is 1.23. The lowest BCUT2D eigenvalue weighted by atomic mass is 9.90. The van der Waals surface area contributed by atoms with Gasteiger partial charge in [-0.15, -0.1) is 0 Å². The van der Waals surface area contributed by atoms with Crippen LogP contribution in [-0.2, 0) is 4.79 Å². The second kappa shape index (κ2) is 6.96. The molecular formula is C12H25NO2. The summed E-state index contributed by atoms with van der Waals surface area (Å²) in [4.78, 5) is 13.8. The highest BCUT2D eigenvalue weighted by Gasteiger charge is 2.22. The van der Waals surface area contributed by atoms with Crippen LogP contribution in [0.1, 0.15) is 40.5 Å². The van der Waals surface area contributed by atoms with Crippen molar-refractivity contribution in [3.8, 4) is 0 Å². The molecule has 90 valence electrons. The van der Waals surface area contributed by atoms with Crippen molar-refractivity contribution in [2.75, 3.05) is 26.2 Å². The zero-order valence-corrected chi connectivity index (χ0v) is 10.5. The van der Waals surface area contributed by atoms with E-state index in [-0.39, 0.29) is 17.8 Å². The van der Waals surface area contributed by atoms with Gasteiger partial charge in [0.1, 0.15) is 0 Å². The smallest absolute Gasteiger partial charge is 0.152 e. The zero-order valence-electron chi connectivity index (χ0n) is 10.5. The molecule has 0 rings (SSSR count). The molecule has 0 aliphatic rings. The lowest BCUT2D eigenvalue weighted by Crippen LogP contribution is -2.38. The van der Waals surface area contributed by atoms with Crippen LogP contribution in [0.15, 0.2) is 0 Å². The largest absolute Gasteiger partial charge is 0.395 e. The number of aliphatic hydroxyl groups is 1. The van der Waals surface area contributed by atoms with Crippen LogP contribution in [0.4, 0.5) is 0 Å². The number of unbranched alkanes of at least 4 members (excludes halogenated alkanes) is 1. The number of rotatable bonds is 7. The number of hydrogen-bond donors (Lipinski definition) is 1. The maximum absolute atomic E-state index is 11.8. The molecule has 1 N–H and O–H groups in total. The Labute approximate surface area is 93.5 Å². The monoisotopic (exact) mass is 215 g/mol. The van der Waals surface area contributed by atoms with Gasteiger partial charge in [0.2, 0.25) is 0 Å². The molecule has 15 heavy (non-hydrogen) atoms. The third-order valence-corrected chi connectivity index (χ3v) is 2.45. The van der Waals surface area contributed by atoms with Gasteiger partial charge in [-0.2, -0.15) is 0 Å². The van der Waals surface area contributed by atoms with Crippen molar-refractivity contribution in [2.45, 2.75) is 40.5 Å². The van der Waals surface area contributed by atoms with Gasteiger partial charge in [-0.3, -0.25) is 9.69 Å². The minimum atomic E-state index is -0.278. The molecule has 0 atom stereocenters. The van der Waals surface area contributed by atoms with E-state index in [2.05, 4.69) is 6.92 Å². The Bertz CT molecular complexity index is 185. The minimum Gasteiger partial charge on any atom is -0.395 e. The summed E-state index contributed by atoms with van der Waals surface area (Å²) < 4.78 is 0. The zero-order chi connectivity index (χ0) is 11.9. The Kier molecular flexibility index (Phi) is 6.77. The van der Waals surface area contributed by atoms with Crippen LogP contribution in [0.25, 0.3) is 0 Å². The molecule has 0 bridgehead atoms. The van der Waals surface area contributed by atoms with Crippen molar-refractivity contribution in [1.29, 1.82) is 0 Å². The van der Waals surface area contributed by atoms with E-state index < -0.39 is 0 Å². The first kappa shape index (κ1) is 14.6. The van der Waals surface area contributed by atoms with Crippen molar-refractivity contribution < 1.29 is 9.90 Å². The van der Waals surface area contributed by atoms with Gasteiger partial charge in [-0.25, -0.2) is 0 Å². The summed E-state index contributed by atoms with van der Waals surface area (Å²) in [5, 5.41) is 8.90. The lowest BCUT2D eigenvalue weighted by molar-refractivity contribution is -0.127. The van der Waals surface area contributed by atoms with E-state index in [1.54, 1.807) is 0 Å². The van der Waals surface area contributed by atoms with Gasteiger partial charge < -0.3 is 5.11 Å². The molecule has 3 heteroatoms. The van der Waals surface area contributed by atoms with Crippen LogP contribution < -0.4 is 0 Å². The molecule has 0 aromatic rings. The van der Waals surface area contributed by atoms with E-state index in [0.717, 1.165) is 19.4 Å². The topological polar surface area (TPSA) is 40.5 Å². The average Bonchev–Trinajstić information content (AvgIpc) is 2.13. The number of ketones is 1. The van der Waals surface area contributed by atoms with Crippen LogP contribution in [-0.4, -0.2) is 42.0 Å². The highest BCUT2D eigenvalue weighted by atomic mass is 16.3. The Balaban J connectivity index is 4.09. The molecule has 0 aliphatic heterocycles. The second-order valence-electron chi connectivity index (χ2n) is 5.03. The quantitative estimate of drug-likeness (QED) is 0.702. The van der Waals surface area contributed by atoms with Crippen LogP contribution in [0.2, 0.25) is 0 Å². The molecule has 0 saturated heterocycles. The second-order valence-corrected chi connectivity index (χ2v) is 5.03. The van der Waals surface area contributed by atoms with Crippen molar-refractivity contribution in [2.24, 2.45) is 5.41 Å². The Morgan fingerprint density at radius 2 is 1.87 bits per heavy atom. The van der Waals surface area contributed by atoms with Crippen LogP contribution in [0.3, 0.4) is 0 Å². The van der Waals surface area contributed by atoms with Crippen molar-refractivity contribution in [1.82, 2.24) is 4.90 Å². The van der Waals surface area contributed by atoms with E-state index in [4.69, 9.17) is 5.11 Å². The van der Waals surface area contributed by atoms with E-state index in [1.165, 1.54) is 0 Å². The normalized spacial score (nSPS) is 12.1. The van der Waals surface area contributed by atoms with Crippen LogP contribution in [0.5, 0.6) is 0 Å². The van der Waals surface area contributed by atoms with Crippen LogP contribution >= 0.6 is 0 Å². The number of carbonyl (C=O) groups is 1. The molecule has 0 amide bonds. The van der Waals surface area contributed by atoms with Gasteiger partial charge in [0.25, 0.3) is 0 Å². The van der Waals surface area contributed by atoms with Gasteiger partial charge in [-0.1, -0.05) is 34.1 Å².